The van der Waals surface area contributed by atoms with E-state index in [2.05, 4.69) is 6.07 Å². The fraction of sp³-hybridized carbons (Fsp3) is 0.467. The van der Waals surface area contributed by atoms with E-state index in [-0.39, 0.29) is 46.7 Å². The van der Waals surface area contributed by atoms with Gasteiger partial charge in [0.05, 0.1) is 33.7 Å². The highest BCUT2D eigenvalue weighted by Crippen LogP contribution is 2.46. The molecular weight excluding hydrogens is 343 g/mol. The van der Waals surface area contributed by atoms with Gasteiger partial charge in [-0.05, 0) is 19.1 Å². The van der Waals surface area contributed by atoms with Gasteiger partial charge in [-0.1, -0.05) is 11.6 Å². The van der Waals surface area contributed by atoms with Gasteiger partial charge in [-0.15, -0.1) is 0 Å². The highest BCUT2D eigenvalue weighted by Gasteiger charge is 2.56. The summed E-state index contributed by atoms with van der Waals surface area (Å²) in [5.74, 6) is -1.73. The van der Waals surface area contributed by atoms with Gasteiger partial charge in [0, 0.05) is 24.6 Å². The zero-order chi connectivity index (χ0) is 17.0. The number of nitrogens with zero attached hydrogens (tertiary/aromatic N) is 2. The number of anilines is 1. The van der Waals surface area contributed by atoms with E-state index in [0.717, 1.165) is 0 Å². The first-order valence-electron chi connectivity index (χ1n) is 7.05. The van der Waals surface area contributed by atoms with Gasteiger partial charge >= 0.3 is 0 Å². The monoisotopic (exact) mass is 356 g/mol. The molecule has 0 bridgehead atoms. The number of rotatable bonds is 2. The first-order valence-corrected chi connectivity index (χ1v) is 9.24. The molecule has 0 amide bonds. The average Bonchev–Trinajstić information content (AvgIpc) is 2.90. The number of sulfone groups is 1. The van der Waals surface area contributed by atoms with Crippen LogP contribution in [0.4, 0.5) is 10.1 Å². The number of carbonyl (C=O) groups is 1. The van der Waals surface area contributed by atoms with Gasteiger partial charge in [-0.3, -0.25) is 4.79 Å². The lowest BCUT2D eigenvalue weighted by molar-refractivity contribution is 0.101. The van der Waals surface area contributed by atoms with Crippen LogP contribution in [0, 0.1) is 28.5 Å². The molecule has 0 saturated carbocycles. The second kappa shape index (κ2) is 5.18. The number of ketones is 1. The molecule has 0 spiro atoms. The third-order valence-electron chi connectivity index (χ3n) is 4.62. The molecule has 0 unspecified atom stereocenters. The third-order valence-corrected chi connectivity index (χ3v) is 6.77. The first-order chi connectivity index (χ1) is 10.7. The largest absolute Gasteiger partial charge is 0.367 e. The van der Waals surface area contributed by atoms with E-state index >= 15 is 0 Å². The number of Topliss-reactive ketones (excluding diaryl/α,β-unsaturated/α-hetero) is 1. The van der Waals surface area contributed by atoms with Crippen LogP contribution in [0.5, 0.6) is 0 Å². The van der Waals surface area contributed by atoms with Crippen LogP contribution in [0.3, 0.4) is 0 Å². The second-order valence-electron chi connectivity index (χ2n) is 6.21. The van der Waals surface area contributed by atoms with E-state index in [0.29, 0.717) is 0 Å². The Morgan fingerprint density at radius 2 is 2.22 bits per heavy atom. The quantitative estimate of drug-likeness (QED) is 0.758. The van der Waals surface area contributed by atoms with Gasteiger partial charge in [0.15, 0.2) is 21.4 Å². The Morgan fingerprint density at radius 1 is 1.52 bits per heavy atom. The molecule has 23 heavy (non-hydrogen) atoms. The molecule has 8 heteroatoms. The highest BCUT2D eigenvalue weighted by molar-refractivity contribution is 7.91. The molecule has 2 saturated heterocycles. The van der Waals surface area contributed by atoms with Crippen LogP contribution in [0.15, 0.2) is 12.1 Å². The normalized spacial score (nSPS) is 28.4. The summed E-state index contributed by atoms with van der Waals surface area (Å²) in [6.45, 7) is 1.61. The lowest BCUT2D eigenvalue weighted by Crippen LogP contribution is -2.31. The predicted molar refractivity (Wildman–Crippen MR) is 83.8 cm³/mol. The van der Waals surface area contributed by atoms with Crippen LogP contribution >= 0.6 is 11.6 Å². The minimum atomic E-state index is -3.26. The van der Waals surface area contributed by atoms with E-state index in [1.165, 1.54) is 19.1 Å². The number of halogens is 2. The first kappa shape index (κ1) is 16.2. The van der Waals surface area contributed by atoms with Crippen LogP contribution in [0.2, 0.25) is 5.02 Å². The van der Waals surface area contributed by atoms with E-state index in [9.17, 15) is 22.9 Å². The SMILES string of the molecule is CC(=O)c1ccc(Cl)c(F)c1N1C[C@@H]2CS(=O)(=O)C[C@]2(C#N)C1. The lowest BCUT2D eigenvalue weighted by atomic mass is 9.83. The topological polar surface area (TPSA) is 78.2 Å². The maximum atomic E-state index is 14.5. The van der Waals surface area contributed by atoms with Crippen LogP contribution < -0.4 is 4.90 Å². The molecule has 1 aromatic rings. The summed E-state index contributed by atoms with van der Waals surface area (Å²) in [4.78, 5) is 13.4. The molecule has 0 N–H and O–H groups in total. The predicted octanol–water partition coefficient (Wildman–Crippen LogP) is 2.06. The number of fused-ring (bicyclic) bond motifs is 1. The Labute approximate surface area is 138 Å². The van der Waals surface area contributed by atoms with Crippen LogP contribution in [0.1, 0.15) is 17.3 Å². The number of nitriles is 1. The van der Waals surface area contributed by atoms with Crippen molar-refractivity contribution in [3.05, 3.63) is 28.5 Å². The summed E-state index contributed by atoms with van der Waals surface area (Å²) < 4.78 is 38.2. The van der Waals surface area contributed by atoms with Gasteiger partial charge in [0.1, 0.15) is 0 Å². The Kier molecular flexibility index (Phi) is 3.65. The van der Waals surface area contributed by atoms with Gasteiger partial charge < -0.3 is 4.90 Å². The van der Waals surface area contributed by atoms with Crippen LogP contribution in [-0.4, -0.2) is 38.8 Å². The van der Waals surface area contributed by atoms with Crippen molar-refractivity contribution in [2.24, 2.45) is 11.3 Å². The molecule has 0 aromatic heterocycles. The van der Waals surface area contributed by atoms with Gasteiger partial charge in [0.25, 0.3) is 0 Å². The summed E-state index contributed by atoms with van der Waals surface area (Å²) in [5.41, 5.74) is -0.809. The molecule has 0 radical (unpaired) electrons. The summed E-state index contributed by atoms with van der Waals surface area (Å²) in [5, 5.41) is 9.39. The summed E-state index contributed by atoms with van der Waals surface area (Å²) in [6, 6.07) is 4.89. The Morgan fingerprint density at radius 3 is 2.78 bits per heavy atom. The standard InChI is InChI=1S/C15H14ClFN2O3S/c1-9(20)11-2-3-12(16)13(17)14(11)19-4-10-5-23(21,22)8-15(10,6-18)7-19/h2-3,10H,4-5,7-8H2,1H3/t10-,15+/m1/s1. The zero-order valence-electron chi connectivity index (χ0n) is 12.3. The minimum absolute atomic E-state index is 0.0615. The Balaban J connectivity index is 2.06. The van der Waals surface area contributed by atoms with Crippen LogP contribution in [-0.2, 0) is 9.84 Å². The fourth-order valence-electron chi connectivity index (χ4n) is 3.57. The molecular formula is C15H14ClFN2O3S. The molecule has 2 atom stereocenters. The zero-order valence-corrected chi connectivity index (χ0v) is 13.9. The summed E-state index contributed by atoms with van der Waals surface area (Å²) in [7, 11) is -3.26. The molecule has 2 aliphatic heterocycles. The van der Waals surface area contributed by atoms with E-state index in [4.69, 9.17) is 11.6 Å². The molecule has 122 valence electrons. The number of carbonyl (C=O) groups excluding carboxylic acids is 1. The van der Waals surface area contributed by atoms with Gasteiger partial charge in [-0.25, -0.2) is 12.8 Å². The minimum Gasteiger partial charge on any atom is -0.367 e. The molecule has 5 nitrogen and oxygen atoms in total. The average molecular weight is 357 g/mol. The van der Waals surface area contributed by atoms with Crippen molar-refractivity contribution in [3.8, 4) is 6.07 Å². The smallest absolute Gasteiger partial charge is 0.165 e. The van der Waals surface area contributed by atoms with E-state index in [1.807, 2.05) is 0 Å². The van der Waals surface area contributed by atoms with Crippen molar-refractivity contribution in [2.45, 2.75) is 6.92 Å². The maximum absolute atomic E-state index is 14.5. The Bertz CT molecular complexity index is 849. The molecule has 0 aliphatic carbocycles. The van der Waals surface area contributed by atoms with E-state index in [1.54, 1.807) is 4.90 Å². The molecule has 3 rings (SSSR count). The van der Waals surface area contributed by atoms with Crippen LogP contribution in [0.25, 0.3) is 0 Å². The van der Waals surface area contributed by atoms with Crippen molar-refractivity contribution in [3.63, 3.8) is 0 Å². The van der Waals surface area contributed by atoms with Crippen molar-refractivity contribution < 1.29 is 17.6 Å². The van der Waals surface area contributed by atoms with E-state index < -0.39 is 27.0 Å². The van der Waals surface area contributed by atoms with Crippen molar-refractivity contribution >= 4 is 32.9 Å². The number of benzene rings is 1. The van der Waals surface area contributed by atoms with Gasteiger partial charge in [-0.2, -0.15) is 5.26 Å². The number of hydrogen-bond acceptors (Lipinski definition) is 5. The maximum Gasteiger partial charge on any atom is 0.165 e. The van der Waals surface area contributed by atoms with Crippen molar-refractivity contribution in [1.29, 1.82) is 5.26 Å². The summed E-state index contributed by atoms with van der Waals surface area (Å²) >= 11 is 5.83. The molecule has 1 aromatic carbocycles. The fourth-order valence-corrected chi connectivity index (χ4v) is 6.06. The van der Waals surface area contributed by atoms with Crippen molar-refractivity contribution in [1.82, 2.24) is 0 Å². The third kappa shape index (κ3) is 2.50. The highest BCUT2D eigenvalue weighted by atomic mass is 35.5. The number of hydrogen-bond donors (Lipinski definition) is 0. The van der Waals surface area contributed by atoms with Crippen molar-refractivity contribution in [2.75, 3.05) is 29.5 Å². The Hall–Kier alpha value is -1.65. The summed E-state index contributed by atoms with van der Waals surface area (Å²) in [6.07, 6.45) is 0. The molecule has 2 heterocycles. The second-order valence-corrected chi connectivity index (χ2v) is 8.73. The molecule has 2 aliphatic rings. The van der Waals surface area contributed by atoms with Gasteiger partial charge in [0.2, 0.25) is 0 Å². The molecule has 2 fully saturated rings. The lowest BCUT2D eigenvalue weighted by Gasteiger charge is -2.24.